The number of hydrogen-bond acceptors (Lipinski definition) is 5. The van der Waals surface area contributed by atoms with Crippen molar-refractivity contribution in [2.24, 2.45) is 5.92 Å². The Kier molecular flexibility index (Phi) is 7.16. The van der Waals surface area contributed by atoms with E-state index in [0.717, 1.165) is 24.8 Å². The fourth-order valence-electron chi connectivity index (χ4n) is 5.23. The molecule has 190 valence electrons. The van der Waals surface area contributed by atoms with E-state index >= 15 is 0 Å². The summed E-state index contributed by atoms with van der Waals surface area (Å²) in [5.74, 6) is -0.516. The lowest BCUT2D eigenvalue weighted by Crippen LogP contribution is -2.49. The number of hydrogen-bond donors (Lipinski definition) is 0. The van der Waals surface area contributed by atoms with Crippen molar-refractivity contribution in [3.8, 4) is 0 Å². The molecule has 2 aromatic carbocycles. The summed E-state index contributed by atoms with van der Waals surface area (Å²) >= 11 is 0. The number of para-hydroxylation sites is 2. The Morgan fingerprint density at radius 2 is 1.70 bits per heavy atom. The molecule has 1 atom stereocenters. The molecule has 8 heteroatoms. The molecule has 0 unspecified atom stereocenters. The van der Waals surface area contributed by atoms with Crippen molar-refractivity contribution in [1.29, 1.82) is 0 Å². The second kappa shape index (κ2) is 10.8. The first-order valence-electron chi connectivity index (χ1n) is 12.6. The molecule has 0 bridgehead atoms. The van der Waals surface area contributed by atoms with Crippen LogP contribution in [0, 0.1) is 5.92 Å². The van der Waals surface area contributed by atoms with Gasteiger partial charge in [0, 0.05) is 32.4 Å². The number of benzene rings is 2. The number of pyridine rings is 1. The third kappa shape index (κ3) is 5.33. The van der Waals surface area contributed by atoms with E-state index in [1.54, 1.807) is 36.5 Å². The second-order valence-electron chi connectivity index (χ2n) is 9.53. The predicted molar refractivity (Wildman–Crippen MR) is 140 cm³/mol. The molecule has 4 aromatic rings. The van der Waals surface area contributed by atoms with Gasteiger partial charge in [-0.15, -0.1) is 0 Å². The minimum absolute atomic E-state index is 0.0328. The molecular weight excluding hydrogens is 468 g/mol. The SMILES string of the molecule is CN(C(=O)c1ccccn1)[C@H](Cc1ccccc1)C1CCN(C(=O)Cn2c(=O)oc3ccccc32)CC1. The quantitative estimate of drug-likeness (QED) is 0.388. The monoisotopic (exact) mass is 498 g/mol. The van der Waals surface area contributed by atoms with Gasteiger partial charge >= 0.3 is 5.76 Å². The largest absolute Gasteiger partial charge is 0.420 e. The number of carbonyl (C=O) groups excluding carboxylic acids is 2. The van der Waals surface area contributed by atoms with Crippen LogP contribution in [-0.2, 0) is 17.8 Å². The number of amides is 2. The molecule has 8 nitrogen and oxygen atoms in total. The third-order valence-electron chi connectivity index (χ3n) is 7.29. The van der Waals surface area contributed by atoms with E-state index in [4.69, 9.17) is 4.42 Å². The highest BCUT2D eigenvalue weighted by atomic mass is 16.4. The van der Waals surface area contributed by atoms with Crippen molar-refractivity contribution in [2.75, 3.05) is 20.1 Å². The zero-order chi connectivity index (χ0) is 25.8. The molecule has 1 aliphatic heterocycles. The lowest BCUT2D eigenvalue weighted by molar-refractivity contribution is -0.133. The minimum Gasteiger partial charge on any atom is -0.408 e. The lowest BCUT2D eigenvalue weighted by Gasteiger charge is -2.40. The molecule has 0 N–H and O–H groups in total. The van der Waals surface area contributed by atoms with Crippen LogP contribution in [-0.4, -0.2) is 57.3 Å². The maximum atomic E-state index is 13.3. The Morgan fingerprint density at radius 1 is 1.00 bits per heavy atom. The molecule has 1 aliphatic rings. The summed E-state index contributed by atoms with van der Waals surface area (Å²) in [6, 6.07) is 22.6. The topological polar surface area (TPSA) is 88.7 Å². The van der Waals surface area contributed by atoms with Gasteiger partial charge in [-0.3, -0.25) is 19.1 Å². The number of nitrogens with zero attached hydrogens (tertiary/aromatic N) is 4. The Bertz CT molecular complexity index is 1420. The Morgan fingerprint density at radius 3 is 2.43 bits per heavy atom. The van der Waals surface area contributed by atoms with Gasteiger partial charge in [0.1, 0.15) is 12.2 Å². The summed E-state index contributed by atoms with van der Waals surface area (Å²) in [5.41, 5.74) is 2.68. The molecule has 5 rings (SSSR count). The van der Waals surface area contributed by atoms with Crippen LogP contribution < -0.4 is 5.76 Å². The van der Waals surface area contributed by atoms with Gasteiger partial charge in [0.15, 0.2) is 5.58 Å². The summed E-state index contributed by atoms with van der Waals surface area (Å²) < 4.78 is 6.66. The maximum Gasteiger partial charge on any atom is 0.420 e. The van der Waals surface area contributed by atoms with E-state index in [-0.39, 0.29) is 30.3 Å². The number of piperidine rings is 1. The van der Waals surface area contributed by atoms with Crippen LogP contribution in [0.4, 0.5) is 0 Å². The van der Waals surface area contributed by atoms with Crippen LogP contribution in [0.5, 0.6) is 0 Å². The van der Waals surface area contributed by atoms with Crippen molar-refractivity contribution in [2.45, 2.75) is 31.8 Å². The predicted octanol–water partition coefficient (Wildman–Crippen LogP) is 3.61. The highest BCUT2D eigenvalue weighted by molar-refractivity contribution is 5.92. The zero-order valence-electron chi connectivity index (χ0n) is 20.8. The minimum atomic E-state index is -0.526. The third-order valence-corrected chi connectivity index (χ3v) is 7.29. The number of likely N-dealkylation sites (N-methyl/N-ethyl adjacent to an activating group) is 1. The van der Waals surface area contributed by atoms with Crippen molar-refractivity contribution in [3.05, 3.63) is 101 Å². The number of fused-ring (bicyclic) bond motifs is 1. The van der Waals surface area contributed by atoms with E-state index in [9.17, 15) is 14.4 Å². The van der Waals surface area contributed by atoms with Crippen LogP contribution in [0.2, 0.25) is 0 Å². The first-order valence-corrected chi connectivity index (χ1v) is 12.6. The fourth-order valence-corrected chi connectivity index (χ4v) is 5.23. The van der Waals surface area contributed by atoms with Gasteiger partial charge in [-0.1, -0.05) is 48.5 Å². The average molecular weight is 499 g/mol. The molecule has 3 heterocycles. The molecule has 0 radical (unpaired) electrons. The van der Waals surface area contributed by atoms with E-state index in [1.165, 1.54) is 4.57 Å². The second-order valence-corrected chi connectivity index (χ2v) is 9.53. The van der Waals surface area contributed by atoms with E-state index in [0.29, 0.717) is 29.9 Å². The van der Waals surface area contributed by atoms with Crippen LogP contribution >= 0.6 is 0 Å². The molecule has 0 spiro atoms. The van der Waals surface area contributed by atoms with Crippen molar-refractivity contribution < 1.29 is 14.0 Å². The summed E-state index contributed by atoms with van der Waals surface area (Å²) in [7, 11) is 1.85. The molecule has 2 amide bonds. The van der Waals surface area contributed by atoms with Crippen LogP contribution in [0.25, 0.3) is 11.1 Å². The molecule has 0 saturated carbocycles. The fraction of sp³-hybridized carbons (Fsp3) is 0.310. The summed E-state index contributed by atoms with van der Waals surface area (Å²) in [4.78, 5) is 46.6. The van der Waals surface area contributed by atoms with Crippen LogP contribution in [0.1, 0.15) is 28.9 Å². The van der Waals surface area contributed by atoms with E-state index in [1.807, 2.05) is 47.2 Å². The number of rotatable bonds is 7. The van der Waals surface area contributed by atoms with Crippen molar-refractivity contribution in [1.82, 2.24) is 19.4 Å². The molecule has 0 aliphatic carbocycles. The normalized spacial score (nSPS) is 15.0. The Hall–Kier alpha value is -4.20. The molecular formula is C29H30N4O4. The van der Waals surface area contributed by atoms with E-state index < -0.39 is 5.76 Å². The molecule has 37 heavy (non-hydrogen) atoms. The Balaban J connectivity index is 1.29. The lowest BCUT2D eigenvalue weighted by atomic mass is 9.84. The molecule has 1 fully saturated rings. The number of carbonyl (C=O) groups is 2. The maximum absolute atomic E-state index is 13.3. The average Bonchev–Trinajstić information content (AvgIpc) is 3.26. The van der Waals surface area contributed by atoms with Gasteiger partial charge in [-0.2, -0.15) is 0 Å². The first-order chi connectivity index (χ1) is 18.0. The van der Waals surface area contributed by atoms with Crippen molar-refractivity contribution >= 4 is 22.9 Å². The van der Waals surface area contributed by atoms with Crippen LogP contribution in [0.15, 0.2) is 88.2 Å². The Labute approximate surface area is 215 Å². The van der Waals surface area contributed by atoms with Gasteiger partial charge < -0.3 is 14.2 Å². The number of likely N-dealkylation sites (tertiary alicyclic amines) is 1. The smallest absolute Gasteiger partial charge is 0.408 e. The summed E-state index contributed by atoms with van der Waals surface area (Å²) in [5, 5.41) is 0. The van der Waals surface area contributed by atoms with Crippen LogP contribution in [0.3, 0.4) is 0 Å². The van der Waals surface area contributed by atoms with Gasteiger partial charge in [-0.05, 0) is 55.0 Å². The standard InChI is InChI=1S/C29H30N4O4/c1-31(28(35)23-11-7-8-16-30-23)25(19-21-9-3-2-4-10-21)22-14-17-32(18-15-22)27(34)20-33-24-12-5-6-13-26(24)37-29(33)36/h2-13,16,22,25H,14-15,17-20H2,1H3/t25-/m1/s1. The first kappa shape index (κ1) is 24.5. The number of aromatic nitrogens is 2. The van der Waals surface area contributed by atoms with Gasteiger partial charge in [0.25, 0.3) is 5.91 Å². The molecule has 1 saturated heterocycles. The van der Waals surface area contributed by atoms with Gasteiger partial charge in [0.05, 0.1) is 5.52 Å². The highest BCUT2D eigenvalue weighted by Crippen LogP contribution is 2.27. The zero-order valence-corrected chi connectivity index (χ0v) is 20.8. The van der Waals surface area contributed by atoms with Gasteiger partial charge in [0.2, 0.25) is 5.91 Å². The summed E-state index contributed by atoms with van der Waals surface area (Å²) in [6.45, 7) is 1.10. The molecule has 2 aromatic heterocycles. The van der Waals surface area contributed by atoms with Gasteiger partial charge in [-0.25, -0.2) is 4.79 Å². The van der Waals surface area contributed by atoms with E-state index in [2.05, 4.69) is 17.1 Å². The number of oxazole rings is 1. The highest BCUT2D eigenvalue weighted by Gasteiger charge is 2.33. The van der Waals surface area contributed by atoms with Crippen molar-refractivity contribution in [3.63, 3.8) is 0 Å². The summed E-state index contributed by atoms with van der Waals surface area (Å²) in [6.07, 6.45) is 3.89.